The Morgan fingerprint density at radius 3 is 3.05 bits per heavy atom. The first kappa shape index (κ1) is 13.7. The lowest BCUT2D eigenvalue weighted by atomic mass is 10.2. The van der Waals surface area contributed by atoms with Gasteiger partial charge in [0.05, 0.1) is 12.1 Å². The number of anilines is 1. The van der Waals surface area contributed by atoms with Crippen molar-refractivity contribution in [2.24, 2.45) is 0 Å². The molecule has 1 aliphatic heterocycles. The summed E-state index contributed by atoms with van der Waals surface area (Å²) in [6, 6.07) is 1.85. The number of amides is 1. The van der Waals surface area contributed by atoms with Gasteiger partial charge in [0.25, 0.3) is 0 Å². The van der Waals surface area contributed by atoms with Crippen molar-refractivity contribution in [3.63, 3.8) is 0 Å². The van der Waals surface area contributed by atoms with Crippen LogP contribution in [0.4, 0.5) is 5.95 Å². The van der Waals surface area contributed by atoms with Gasteiger partial charge in [0.2, 0.25) is 11.9 Å². The zero-order valence-electron chi connectivity index (χ0n) is 12.2. The molecular formula is C15H19N5O. The summed E-state index contributed by atoms with van der Waals surface area (Å²) >= 11 is 0. The molecule has 1 N–H and O–H groups in total. The van der Waals surface area contributed by atoms with Crippen LogP contribution in [0.25, 0.3) is 0 Å². The second-order valence-corrected chi connectivity index (χ2v) is 5.25. The van der Waals surface area contributed by atoms with Crippen LogP contribution in [0.2, 0.25) is 0 Å². The quantitative estimate of drug-likeness (QED) is 0.929. The van der Waals surface area contributed by atoms with Gasteiger partial charge in [-0.25, -0.2) is 15.0 Å². The van der Waals surface area contributed by atoms with Gasteiger partial charge in [-0.1, -0.05) is 6.92 Å². The number of rotatable bonds is 4. The Bertz CT molecular complexity index is 626. The standard InChI is InChI=1S/C15H19N5O/c1-2-11-6-7-16-15(18-11)19-14(21)9-12-10-20-8-4-3-5-13(20)17-12/h6-7,10H,2-5,8-9H2,1H3,(H,16,18,19,21). The van der Waals surface area contributed by atoms with Crippen LogP contribution in [-0.4, -0.2) is 25.4 Å². The largest absolute Gasteiger partial charge is 0.335 e. The Morgan fingerprint density at radius 1 is 1.33 bits per heavy atom. The number of fused-ring (bicyclic) bond motifs is 1. The predicted molar refractivity (Wildman–Crippen MR) is 78.9 cm³/mol. The normalized spacial score (nSPS) is 13.8. The molecule has 2 aromatic rings. The van der Waals surface area contributed by atoms with Gasteiger partial charge in [0.1, 0.15) is 5.82 Å². The third-order valence-corrected chi connectivity index (χ3v) is 3.63. The van der Waals surface area contributed by atoms with Gasteiger partial charge in [-0.15, -0.1) is 0 Å². The monoisotopic (exact) mass is 285 g/mol. The molecule has 3 rings (SSSR count). The van der Waals surface area contributed by atoms with Gasteiger partial charge >= 0.3 is 0 Å². The van der Waals surface area contributed by atoms with E-state index in [9.17, 15) is 4.79 Å². The second-order valence-electron chi connectivity index (χ2n) is 5.25. The molecule has 0 fully saturated rings. The number of nitrogens with zero attached hydrogens (tertiary/aromatic N) is 4. The first-order valence-corrected chi connectivity index (χ1v) is 7.41. The molecule has 21 heavy (non-hydrogen) atoms. The molecule has 0 bridgehead atoms. The van der Waals surface area contributed by atoms with Crippen molar-refractivity contribution < 1.29 is 4.79 Å². The molecule has 1 aliphatic rings. The van der Waals surface area contributed by atoms with Crippen molar-refractivity contribution in [3.05, 3.63) is 35.7 Å². The Balaban J connectivity index is 1.64. The number of carbonyl (C=O) groups excluding carboxylic acids is 1. The number of imidazole rings is 1. The van der Waals surface area contributed by atoms with Gasteiger partial charge in [0.15, 0.2) is 0 Å². The summed E-state index contributed by atoms with van der Waals surface area (Å²) in [5, 5.41) is 2.74. The predicted octanol–water partition coefficient (Wildman–Crippen LogP) is 1.75. The minimum Gasteiger partial charge on any atom is -0.335 e. The Kier molecular flexibility index (Phi) is 3.94. The number of nitrogens with one attached hydrogen (secondary N) is 1. The van der Waals surface area contributed by atoms with Crippen LogP contribution in [-0.2, 0) is 30.6 Å². The highest BCUT2D eigenvalue weighted by Gasteiger charge is 2.14. The summed E-state index contributed by atoms with van der Waals surface area (Å²) in [6.07, 6.45) is 8.10. The lowest BCUT2D eigenvalue weighted by molar-refractivity contribution is -0.115. The summed E-state index contributed by atoms with van der Waals surface area (Å²) < 4.78 is 2.15. The van der Waals surface area contributed by atoms with E-state index in [0.717, 1.165) is 36.6 Å². The van der Waals surface area contributed by atoms with Crippen LogP contribution in [0.1, 0.15) is 37.0 Å². The summed E-state index contributed by atoms with van der Waals surface area (Å²) in [5.74, 6) is 1.33. The van der Waals surface area contributed by atoms with Crippen LogP contribution >= 0.6 is 0 Å². The van der Waals surface area contributed by atoms with Crippen LogP contribution < -0.4 is 5.32 Å². The van der Waals surface area contributed by atoms with Gasteiger partial charge in [0, 0.05) is 31.1 Å². The fraction of sp³-hybridized carbons (Fsp3) is 0.467. The molecule has 0 aromatic carbocycles. The maximum Gasteiger partial charge on any atom is 0.232 e. The molecule has 6 heteroatoms. The van der Waals surface area contributed by atoms with E-state index in [1.165, 1.54) is 12.8 Å². The van der Waals surface area contributed by atoms with E-state index in [0.29, 0.717) is 5.95 Å². The minimum atomic E-state index is -0.126. The van der Waals surface area contributed by atoms with E-state index in [4.69, 9.17) is 0 Å². The first-order chi connectivity index (χ1) is 10.2. The fourth-order valence-electron chi connectivity index (χ4n) is 2.54. The molecule has 1 amide bonds. The third-order valence-electron chi connectivity index (χ3n) is 3.63. The SMILES string of the molecule is CCc1ccnc(NC(=O)Cc2cn3c(n2)CCCC3)n1. The van der Waals surface area contributed by atoms with E-state index >= 15 is 0 Å². The number of aromatic nitrogens is 4. The smallest absolute Gasteiger partial charge is 0.232 e. The molecule has 0 unspecified atom stereocenters. The molecule has 0 radical (unpaired) electrons. The van der Waals surface area contributed by atoms with Gasteiger partial charge in [-0.3, -0.25) is 10.1 Å². The highest BCUT2D eigenvalue weighted by Crippen LogP contribution is 2.15. The van der Waals surface area contributed by atoms with Gasteiger partial charge < -0.3 is 4.57 Å². The summed E-state index contributed by atoms with van der Waals surface area (Å²) in [5.41, 5.74) is 1.73. The molecule has 0 atom stereocenters. The van der Waals surface area contributed by atoms with E-state index < -0.39 is 0 Å². The summed E-state index contributed by atoms with van der Waals surface area (Å²) in [6.45, 7) is 3.02. The minimum absolute atomic E-state index is 0.126. The molecule has 0 aliphatic carbocycles. The van der Waals surface area contributed by atoms with Gasteiger partial charge in [-0.05, 0) is 25.3 Å². The Labute approximate surface area is 123 Å². The second kappa shape index (κ2) is 6.03. The topological polar surface area (TPSA) is 72.7 Å². The maximum absolute atomic E-state index is 12.1. The van der Waals surface area contributed by atoms with Crippen molar-refractivity contribution in [1.29, 1.82) is 0 Å². The van der Waals surface area contributed by atoms with E-state index in [-0.39, 0.29) is 12.3 Å². The van der Waals surface area contributed by atoms with Crippen molar-refractivity contribution in [1.82, 2.24) is 19.5 Å². The van der Waals surface area contributed by atoms with Gasteiger partial charge in [-0.2, -0.15) is 0 Å². The highest BCUT2D eigenvalue weighted by molar-refractivity contribution is 5.90. The number of aryl methyl sites for hydroxylation is 3. The number of hydrogen-bond acceptors (Lipinski definition) is 4. The van der Waals surface area contributed by atoms with Crippen molar-refractivity contribution >= 4 is 11.9 Å². The molecular weight excluding hydrogens is 266 g/mol. The van der Waals surface area contributed by atoms with Crippen LogP contribution in [0, 0.1) is 0 Å². The number of hydrogen-bond donors (Lipinski definition) is 1. The summed E-state index contributed by atoms with van der Waals surface area (Å²) in [4.78, 5) is 24.9. The average molecular weight is 285 g/mol. The Morgan fingerprint density at radius 2 is 2.24 bits per heavy atom. The molecule has 3 heterocycles. The lowest BCUT2D eigenvalue weighted by Gasteiger charge is -2.11. The fourth-order valence-corrected chi connectivity index (χ4v) is 2.54. The van der Waals surface area contributed by atoms with E-state index in [2.05, 4.69) is 24.8 Å². The van der Waals surface area contributed by atoms with Crippen molar-refractivity contribution in [2.45, 2.75) is 45.6 Å². The van der Waals surface area contributed by atoms with Crippen LogP contribution in [0.3, 0.4) is 0 Å². The number of carbonyl (C=O) groups is 1. The van der Waals surface area contributed by atoms with Crippen LogP contribution in [0.5, 0.6) is 0 Å². The maximum atomic E-state index is 12.1. The molecule has 2 aromatic heterocycles. The molecule has 0 saturated heterocycles. The molecule has 110 valence electrons. The first-order valence-electron chi connectivity index (χ1n) is 7.41. The van der Waals surface area contributed by atoms with Crippen molar-refractivity contribution in [3.8, 4) is 0 Å². The van der Waals surface area contributed by atoms with Crippen LogP contribution in [0.15, 0.2) is 18.5 Å². The van der Waals surface area contributed by atoms with E-state index in [1.807, 2.05) is 19.2 Å². The Hall–Kier alpha value is -2.24. The summed E-state index contributed by atoms with van der Waals surface area (Å²) in [7, 11) is 0. The van der Waals surface area contributed by atoms with E-state index in [1.54, 1.807) is 6.20 Å². The zero-order valence-corrected chi connectivity index (χ0v) is 12.2. The zero-order chi connectivity index (χ0) is 14.7. The van der Waals surface area contributed by atoms with Crippen molar-refractivity contribution in [2.75, 3.05) is 5.32 Å². The molecule has 0 saturated carbocycles. The third kappa shape index (κ3) is 3.26. The molecule has 6 nitrogen and oxygen atoms in total. The molecule has 0 spiro atoms. The highest BCUT2D eigenvalue weighted by atomic mass is 16.1. The average Bonchev–Trinajstić information content (AvgIpc) is 2.89. The lowest BCUT2D eigenvalue weighted by Crippen LogP contribution is -2.17.